The molecule has 0 aliphatic carbocycles. The molecule has 1 heterocycles. The maximum Gasteiger partial charge on any atom is 0.407 e. The lowest BCUT2D eigenvalue weighted by molar-refractivity contribution is 0.115. The van der Waals surface area contributed by atoms with Gasteiger partial charge in [0.2, 0.25) is 5.75 Å². The second-order valence-electron chi connectivity index (χ2n) is 3.49. The summed E-state index contributed by atoms with van der Waals surface area (Å²) in [6.45, 7) is 0.248. The van der Waals surface area contributed by atoms with Gasteiger partial charge in [0.25, 0.3) is 0 Å². The van der Waals surface area contributed by atoms with E-state index in [4.69, 9.17) is 5.11 Å². The zero-order valence-electron chi connectivity index (χ0n) is 8.30. The van der Waals surface area contributed by atoms with Crippen LogP contribution in [0.2, 0.25) is 0 Å². The summed E-state index contributed by atoms with van der Waals surface area (Å²) in [6, 6.07) is 2.28. The number of amides is 1. The van der Waals surface area contributed by atoms with Crippen LogP contribution in [-0.4, -0.2) is 28.0 Å². The van der Waals surface area contributed by atoms with Gasteiger partial charge in [-0.3, -0.25) is 0 Å². The summed E-state index contributed by atoms with van der Waals surface area (Å²) >= 11 is 0. The van der Waals surface area contributed by atoms with Gasteiger partial charge in [0, 0.05) is 12.0 Å². The first-order valence-electron chi connectivity index (χ1n) is 4.76. The molecule has 0 saturated carbocycles. The lowest BCUT2D eigenvalue weighted by atomic mass is 10.0. The van der Waals surface area contributed by atoms with Crippen LogP contribution < -0.4 is 5.32 Å². The largest absolute Gasteiger partial charge is 0.504 e. The van der Waals surface area contributed by atoms with Crippen molar-refractivity contribution in [1.29, 1.82) is 0 Å². The van der Waals surface area contributed by atoms with Gasteiger partial charge in [-0.1, -0.05) is 0 Å². The minimum absolute atomic E-state index is 0.248. The van der Waals surface area contributed by atoms with Crippen molar-refractivity contribution in [2.75, 3.05) is 6.61 Å². The van der Waals surface area contributed by atoms with Gasteiger partial charge in [-0.25, -0.2) is 4.79 Å². The molecule has 1 amide bonds. The summed E-state index contributed by atoms with van der Waals surface area (Å²) in [6.07, 6.45) is -0.0769. The Labute approximate surface area is 91.1 Å². The van der Waals surface area contributed by atoms with E-state index in [0.717, 1.165) is 0 Å². The number of nitrogens with one attached hydrogen (secondary N) is 1. The molecular weight excluding hydrogens is 214 g/mol. The van der Waals surface area contributed by atoms with Gasteiger partial charge < -0.3 is 25.4 Å². The number of cyclic esters (lactones) is 1. The minimum atomic E-state index is -0.585. The van der Waals surface area contributed by atoms with Gasteiger partial charge in [-0.2, -0.15) is 0 Å². The highest BCUT2D eigenvalue weighted by Gasteiger charge is 2.25. The number of ether oxygens (including phenoxy) is 1. The first-order chi connectivity index (χ1) is 7.59. The van der Waals surface area contributed by atoms with E-state index in [-0.39, 0.29) is 6.61 Å². The van der Waals surface area contributed by atoms with Crippen molar-refractivity contribution in [2.45, 2.75) is 12.5 Å². The van der Waals surface area contributed by atoms with Gasteiger partial charge in [0.1, 0.15) is 0 Å². The van der Waals surface area contributed by atoms with E-state index >= 15 is 0 Å². The molecule has 1 aromatic rings. The Kier molecular flexibility index (Phi) is 2.47. The number of alkyl carbamates (subject to hydrolysis) is 1. The first kappa shape index (κ1) is 10.4. The van der Waals surface area contributed by atoms with Crippen LogP contribution >= 0.6 is 0 Å². The highest BCUT2D eigenvalue weighted by molar-refractivity contribution is 5.69. The van der Waals surface area contributed by atoms with Crippen molar-refractivity contribution in [3.05, 3.63) is 17.7 Å². The number of rotatable bonds is 1. The number of aromatic hydroxyl groups is 3. The van der Waals surface area contributed by atoms with Crippen LogP contribution in [0.25, 0.3) is 0 Å². The van der Waals surface area contributed by atoms with Crippen LogP contribution in [0.4, 0.5) is 4.79 Å². The molecular formula is C10H11NO5. The van der Waals surface area contributed by atoms with Gasteiger partial charge in [-0.15, -0.1) is 0 Å². The molecule has 86 valence electrons. The third kappa shape index (κ3) is 1.69. The zero-order chi connectivity index (χ0) is 11.7. The van der Waals surface area contributed by atoms with Gasteiger partial charge in [0.05, 0.1) is 12.6 Å². The summed E-state index contributed by atoms with van der Waals surface area (Å²) in [5.41, 5.74) is 0.354. The predicted octanol–water partition coefficient (Wildman–Crippen LogP) is 0.974. The Bertz CT molecular complexity index is 431. The number of hydrogen-bond acceptors (Lipinski definition) is 5. The maximum absolute atomic E-state index is 11.0. The molecule has 1 aliphatic heterocycles. The van der Waals surface area contributed by atoms with E-state index in [2.05, 4.69) is 10.1 Å². The van der Waals surface area contributed by atoms with Crippen LogP contribution in [0.3, 0.4) is 0 Å². The van der Waals surface area contributed by atoms with Gasteiger partial charge in [0.15, 0.2) is 11.5 Å². The molecule has 0 bridgehead atoms. The number of phenols is 3. The van der Waals surface area contributed by atoms with Crippen molar-refractivity contribution >= 4 is 6.09 Å². The van der Waals surface area contributed by atoms with Crippen LogP contribution in [0.5, 0.6) is 17.2 Å². The van der Waals surface area contributed by atoms with Crippen molar-refractivity contribution in [3.8, 4) is 17.2 Å². The van der Waals surface area contributed by atoms with Crippen LogP contribution in [0.1, 0.15) is 18.0 Å². The highest BCUT2D eigenvalue weighted by atomic mass is 16.5. The van der Waals surface area contributed by atoms with Crippen LogP contribution in [0, 0.1) is 0 Å². The van der Waals surface area contributed by atoms with E-state index in [1.165, 1.54) is 12.1 Å². The van der Waals surface area contributed by atoms with Crippen molar-refractivity contribution in [3.63, 3.8) is 0 Å². The Balaban J connectivity index is 2.33. The highest BCUT2D eigenvalue weighted by Crippen LogP contribution is 2.40. The zero-order valence-corrected chi connectivity index (χ0v) is 8.30. The molecule has 1 aromatic carbocycles. The summed E-state index contributed by atoms with van der Waals surface area (Å²) in [4.78, 5) is 11.0. The van der Waals surface area contributed by atoms with Crippen LogP contribution in [0.15, 0.2) is 12.1 Å². The normalized spacial score (nSPS) is 20.0. The SMILES string of the molecule is O=C1N[C@@H](c2ccc(O)c(O)c2O)CCO1. The summed E-state index contributed by atoms with van der Waals surface area (Å²) < 4.78 is 4.68. The molecule has 6 heteroatoms. The van der Waals surface area contributed by atoms with E-state index in [1.54, 1.807) is 0 Å². The Hall–Kier alpha value is -2.11. The molecule has 1 atom stereocenters. The summed E-state index contributed by atoms with van der Waals surface area (Å²) in [7, 11) is 0. The second-order valence-corrected chi connectivity index (χ2v) is 3.49. The van der Waals surface area contributed by atoms with Crippen molar-refractivity contribution in [2.24, 2.45) is 0 Å². The number of hydrogen-bond donors (Lipinski definition) is 4. The van der Waals surface area contributed by atoms with Crippen molar-refractivity contribution in [1.82, 2.24) is 5.32 Å². The predicted molar refractivity (Wildman–Crippen MR) is 53.3 cm³/mol. The molecule has 4 N–H and O–H groups in total. The average Bonchev–Trinajstić information content (AvgIpc) is 2.26. The lowest BCUT2D eigenvalue weighted by Crippen LogP contribution is -2.35. The molecule has 1 saturated heterocycles. The average molecular weight is 225 g/mol. The Morgan fingerprint density at radius 2 is 2.00 bits per heavy atom. The van der Waals surface area contributed by atoms with Gasteiger partial charge in [-0.05, 0) is 12.1 Å². The van der Waals surface area contributed by atoms with E-state index in [9.17, 15) is 15.0 Å². The molecule has 1 aliphatic rings. The lowest BCUT2D eigenvalue weighted by Gasteiger charge is -2.24. The number of phenolic OH excluding ortho intramolecular Hbond substituents is 3. The molecule has 0 unspecified atom stereocenters. The van der Waals surface area contributed by atoms with Crippen molar-refractivity contribution < 1.29 is 24.9 Å². The number of carbonyl (C=O) groups is 1. The number of benzene rings is 1. The second kappa shape index (κ2) is 3.80. The summed E-state index contributed by atoms with van der Waals surface area (Å²) in [5.74, 6) is -1.41. The minimum Gasteiger partial charge on any atom is -0.504 e. The smallest absolute Gasteiger partial charge is 0.407 e. The van der Waals surface area contributed by atoms with E-state index < -0.39 is 29.4 Å². The molecule has 0 aromatic heterocycles. The third-order valence-corrected chi connectivity index (χ3v) is 2.47. The molecule has 1 fully saturated rings. The third-order valence-electron chi connectivity index (χ3n) is 2.47. The quantitative estimate of drug-likeness (QED) is 0.534. The molecule has 0 radical (unpaired) electrons. The van der Waals surface area contributed by atoms with E-state index in [1.807, 2.05) is 0 Å². The maximum atomic E-state index is 11.0. The molecule has 2 rings (SSSR count). The van der Waals surface area contributed by atoms with Crippen LogP contribution in [-0.2, 0) is 4.74 Å². The Morgan fingerprint density at radius 1 is 1.25 bits per heavy atom. The standard InChI is InChI=1S/C10H11NO5/c12-7-2-1-5(8(13)9(7)14)6-3-4-16-10(15)11-6/h1-2,6,12-14H,3-4H2,(H,11,15)/t6-/m1/s1. The number of carbonyl (C=O) groups excluding carboxylic acids is 1. The fraction of sp³-hybridized carbons (Fsp3) is 0.300. The van der Waals surface area contributed by atoms with Gasteiger partial charge >= 0.3 is 6.09 Å². The molecule has 0 spiro atoms. The first-order valence-corrected chi connectivity index (χ1v) is 4.76. The molecule has 6 nitrogen and oxygen atoms in total. The monoisotopic (exact) mass is 225 g/mol. The molecule has 16 heavy (non-hydrogen) atoms. The summed E-state index contributed by atoms with van der Waals surface area (Å²) in [5, 5.41) is 30.6. The Morgan fingerprint density at radius 3 is 2.69 bits per heavy atom. The van der Waals surface area contributed by atoms with E-state index in [0.29, 0.717) is 12.0 Å². The fourth-order valence-electron chi connectivity index (χ4n) is 1.62. The topological polar surface area (TPSA) is 99.0 Å². The fourth-order valence-corrected chi connectivity index (χ4v) is 1.62.